The van der Waals surface area contributed by atoms with Gasteiger partial charge in [-0.15, -0.1) is 0 Å². The highest BCUT2D eigenvalue weighted by Crippen LogP contribution is 2.28. The molecule has 3 rings (SSSR count). The van der Waals surface area contributed by atoms with Gasteiger partial charge < -0.3 is 4.74 Å². The second-order valence-corrected chi connectivity index (χ2v) is 5.97. The second kappa shape index (κ2) is 7.25. The van der Waals surface area contributed by atoms with Crippen LogP contribution >= 0.6 is 0 Å². The fraction of sp³-hybridized carbons (Fsp3) is 0.444. The summed E-state index contributed by atoms with van der Waals surface area (Å²) in [5.74, 6) is 0.656. The van der Waals surface area contributed by atoms with Crippen molar-refractivity contribution in [1.29, 1.82) is 0 Å². The SMILES string of the molecule is O=C(CCC1CCCC1)OCc1ccc(-n2cccn2)cc1. The van der Waals surface area contributed by atoms with Crippen LogP contribution in [0, 0.1) is 5.92 Å². The lowest BCUT2D eigenvalue weighted by Gasteiger charge is -2.09. The summed E-state index contributed by atoms with van der Waals surface area (Å²) in [5, 5.41) is 4.18. The summed E-state index contributed by atoms with van der Waals surface area (Å²) in [7, 11) is 0. The smallest absolute Gasteiger partial charge is 0.306 e. The highest BCUT2D eigenvalue weighted by atomic mass is 16.5. The van der Waals surface area contributed by atoms with E-state index in [2.05, 4.69) is 5.10 Å². The topological polar surface area (TPSA) is 44.1 Å². The molecular weight excluding hydrogens is 276 g/mol. The molecule has 1 aliphatic carbocycles. The van der Waals surface area contributed by atoms with E-state index < -0.39 is 0 Å². The molecule has 0 aliphatic heterocycles. The van der Waals surface area contributed by atoms with Crippen LogP contribution in [-0.4, -0.2) is 15.7 Å². The van der Waals surface area contributed by atoms with Crippen molar-refractivity contribution in [2.45, 2.75) is 45.1 Å². The Labute approximate surface area is 131 Å². The van der Waals surface area contributed by atoms with Crippen molar-refractivity contribution in [2.24, 2.45) is 5.92 Å². The zero-order valence-corrected chi connectivity index (χ0v) is 12.8. The van der Waals surface area contributed by atoms with E-state index in [0.29, 0.717) is 13.0 Å². The van der Waals surface area contributed by atoms with Crippen LogP contribution in [0.15, 0.2) is 42.7 Å². The monoisotopic (exact) mass is 298 g/mol. The molecule has 0 atom stereocenters. The number of carbonyl (C=O) groups excluding carboxylic acids is 1. The average molecular weight is 298 g/mol. The molecule has 0 unspecified atom stereocenters. The quantitative estimate of drug-likeness (QED) is 0.760. The largest absolute Gasteiger partial charge is 0.461 e. The van der Waals surface area contributed by atoms with Gasteiger partial charge in [-0.1, -0.05) is 37.8 Å². The molecule has 1 saturated carbocycles. The van der Waals surface area contributed by atoms with Gasteiger partial charge in [-0.05, 0) is 36.1 Å². The summed E-state index contributed by atoms with van der Waals surface area (Å²) in [6.07, 6.45) is 10.4. The molecule has 4 heteroatoms. The molecule has 1 heterocycles. The van der Waals surface area contributed by atoms with Gasteiger partial charge in [0.05, 0.1) is 5.69 Å². The Hall–Kier alpha value is -2.10. The fourth-order valence-corrected chi connectivity index (χ4v) is 3.02. The first-order valence-electron chi connectivity index (χ1n) is 8.06. The Bertz CT molecular complexity index is 584. The van der Waals surface area contributed by atoms with Gasteiger partial charge >= 0.3 is 5.97 Å². The first-order valence-corrected chi connectivity index (χ1v) is 8.06. The molecule has 0 saturated heterocycles. The maximum absolute atomic E-state index is 11.8. The van der Waals surface area contributed by atoms with Crippen LogP contribution in [0.25, 0.3) is 5.69 Å². The summed E-state index contributed by atoms with van der Waals surface area (Å²) in [6.45, 7) is 0.350. The van der Waals surface area contributed by atoms with Crippen LogP contribution in [0.2, 0.25) is 0 Å². The van der Waals surface area contributed by atoms with E-state index >= 15 is 0 Å². The number of rotatable bonds is 6. The Morgan fingerprint density at radius 1 is 1.23 bits per heavy atom. The number of benzene rings is 1. The highest BCUT2D eigenvalue weighted by molar-refractivity contribution is 5.69. The minimum atomic E-state index is -0.0805. The van der Waals surface area contributed by atoms with E-state index in [1.54, 1.807) is 10.9 Å². The highest BCUT2D eigenvalue weighted by Gasteiger charge is 2.16. The molecule has 0 bridgehead atoms. The lowest BCUT2D eigenvalue weighted by atomic mass is 10.0. The van der Waals surface area contributed by atoms with Crippen molar-refractivity contribution in [3.63, 3.8) is 0 Å². The standard InChI is InChI=1S/C18H22N2O2/c21-18(11-8-15-4-1-2-5-15)22-14-16-6-9-17(10-7-16)20-13-3-12-19-20/h3,6-7,9-10,12-13,15H,1-2,4-5,8,11,14H2. The van der Waals surface area contributed by atoms with Gasteiger partial charge in [-0.2, -0.15) is 5.10 Å². The summed E-state index contributed by atoms with van der Waals surface area (Å²) in [5.41, 5.74) is 2.01. The van der Waals surface area contributed by atoms with Gasteiger partial charge in [0, 0.05) is 18.8 Å². The van der Waals surface area contributed by atoms with Crippen LogP contribution in [-0.2, 0) is 16.1 Å². The first kappa shape index (κ1) is 14.8. The van der Waals surface area contributed by atoms with Crippen LogP contribution in [0.5, 0.6) is 0 Å². The van der Waals surface area contributed by atoms with Crippen LogP contribution < -0.4 is 0 Å². The lowest BCUT2D eigenvalue weighted by molar-refractivity contribution is -0.145. The van der Waals surface area contributed by atoms with Crippen molar-refractivity contribution < 1.29 is 9.53 Å². The zero-order chi connectivity index (χ0) is 15.2. The summed E-state index contributed by atoms with van der Waals surface area (Å²) in [4.78, 5) is 11.8. The zero-order valence-electron chi connectivity index (χ0n) is 12.8. The number of nitrogens with zero attached hydrogens (tertiary/aromatic N) is 2. The molecule has 0 spiro atoms. The lowest BCUT2D eigenvalue weighted by Crippen LogP contribution is -2.07. The summed E-state index contributed by atoms with van der Waals surface area (Å²) >= 11 is 0. The summed E-state index contributed by atoms with van der Waals surface area (Å²) in [6, 6.07) is 9.80. The molecule has 1 aromatic heterocycles. The Kier molecular flexibility index (Phi) is 4.88. The molecule has 1 fully saturated rings. The minimum absolute atomic E-state index is 0.0805. The molecule has 2 aromatic rings. The number of hydrogen-bond acceptors (Lipinski definition) is 3. The van der Waals surface area contributed by atoms with Gasteiger partial charge in [0.25, 0.3) is 0 Å². The number of aromatic nitrogens is 2. The van der Waals surface area contributed by atoms with Gasteiger partial charge in [-0.25, -0.2) is 4.68 Å². The van der Waals surface area contributed by atoms with Crippen molar-refractivity contribution in [1.82, 2.24) is 9.78 Å². The minimum Gasteiger partial charge on any atom is -0.461 e. The number of carbonyl (C=O) groups is 1. The number of esters is 1. The molecule has 1 aromatic carbocycles. The van der Waals surface area contributed by atoms with Crippen LogP contribution in [0.4, 0.5) is 0 Å². The third-order valence-electron chi connectivity index (χ3n) is 4.34. The predicted molar refractivity (Wildman–Crippen MR) is 84.6 cm³/mol. The maximum atomic E-state index is 11.8. The van der Waals surface area contributed by atoms with E-state index in [0.717, 1.165) is 23.6 Å². The molecule has 0 N–H and O–H groups in total. The van der Waals surface area contributed by atoms with Gasteiger partial charge in [0.2, 0.25) is 0 Å². The molecule has 116 valence electrons. The second-order valence-electron chi connectivity index (χ2n) is 5.97. The third kappa shape index (κ3) is 3.97. The van der Waals surface area contributed by atoms with E-state index in [9.17, 15) is 4.79 Å². The van der Waals surface area contributed by atoms with Gasteiger partial charge in [-0.3, -0.25) is 4.79 Å². The third-order valence-corrected chi connectivity index (χ3v) is 4.34. The molecular formula is C18H22N2O2. The molecule has 0 amide bonds. The van der Waals surface area contributed by atoms with E-state index in [1.165, 1.54) is 25.7 Å². The van der Waals surface area contributed by atoms with Crippen molar-refractivity contribution >= 4 is 5.97 Å². The predicted octanol–water partition coefficient (Wildman–Crippen LogP) is 3.89. The van der Waals surface area contributed by atoms with Gasteiger partial charge in [0.1, 0.15) is 6.61 Å². The maximum Gasteiger partial charge on any atom is 0.306 e. The molecule has 1 aliphatic rings. The molecule has 0 radical (unpaired) electrons. The molecule has 22 heavy (non-hydrogen) atoms. The Morgan fingerprint density at radius 3 is 2.68 bits per heavy atom. The Morgan fingerprint density at radius 2 is 2.00 bits per heavy atom. The van der Waals surface area contributed by atoms with E-state index in [-0.39, 0.29) is 5.97 Å². The first-order chi connectivity index (χ1) is 10.8. The van der Waals surface area contributed by atoms with Gasteiger partial charge in [0.15, 0.2) is 0 Å². The van der Waals surface area contributed by atoms with E-state index in [1.807, 2.05) is 36.5 Å². The van der Waals surface area contributed by atoms with Crippen LogP contribution in [0.3, 0.4) is 0 Å². The fourth-order valence-electron chi connectivity index (χ4n) is 3.02. The Balaban J connectivity index is 1.43. The van der Waals surface area contributed by atoms with Crippen molar-refractivity contribution in [3.05, 3.63) is 48.3 Å². The number of ether oxygens (including phenoxy) is 1. The summed E-state index contributed by atoms with van der Waals surface area (Å²) < 4.78 is 7.16. The number of hydrogen-bond donors (Lipinski definition) is 0. The molecule has 4 nitrogen and oxygen atoms in total. The normalized spacial score (nSPS) is 15.1. The van der Waals surface area contributed by atoms with Crippen LogP contribution in [0.1, 0.15) is 44.1 Å². The van der Waals surface area contributed by atoms with Crippen molar-refractivity contribution in [3.8, 4) is 5.69 Å². The van der Waals surface area contributed by atoms with E-state index in [4.69, 9.17) is 4.74 Å². The van der Waals surface area contributed by atoms with Crippen molar-refractivity contribution in [2.75, 3.05) is 0 Å². The average Bonchev–Trinajstić information content (AvgIpc) is 3.24.